The monoisotopic (exact) mass is 186 g/mol. The lowest BCUT2D eigenvalue weighted by molar-refractivity contribution is -0.121. The van der Waals surface area contributed by atoms with Crippen LogP contribution in [0.15, 0.2) is 0 Å². The van der Waals surface area contributed by atoms with Crippen LogP contribution in [0.3, 0.4) is 0 Å². The van der Waals surface area contributed by atoms with Gasteiger partial charge in [0.2, 0.25) is 5.91 Å². The molecule has 0 aromatic heterocycles. The Hall–Kier alpha value is -0.900. The topological polar surface area (TPSA) is 58.2 Å². The SMILES string of the molecule is CCNC(=O)CC[C@H](NC)C(C)=O. The summed E-state index contributed by atoms with van der Waals surface area (Å²) < 4.78 is 0. The molecule has 0 aliphatic carbocycles. The summed E-state index contributed by atoms with van der Waals surface area (Å²) >= 11 is 0. The van der Waals surface area contributed by atoms with Crippen LogP contribution in [0.5, 0.6) is 0 Å². The van der Waals surface area contributed by atoms with Gasteiger partial charge in [0.05, 0.1) is 6.04 Å². The molecule has 2 N–H and O–H groups in total. The summed E-state index contributed by atoms with van der Waals surface area (Å²) in [6.45, 7) is 4.04. The Morgan fingerprint density at radius 2 is 2.00 bits per heavy atom. The van der Waals surface area contributed by atoms with Crippen molar-refractivity contribution < 1.29 is 9.59 Å². The number of amides is 1. The molecule has 0 spiro atoms. The maximum absolute atomic E-state index is 11.0. The quantitative estimate of drug-likeness (QED) is 0.617. The largest absolute Gasteiger partial charge is 0.356 e. The van der Waals surface area contributed by atoms with Crippen molar-refractivity contribution >= 4 is 11.7 Å². The van der Waals surface area contributed by atoms with E-state index in [4.69, 9.17) is 0 Å². The third-order valence-electron chi connectivity index (χ3n) is 1.87. The van der Waals surface area contributed by atoms with Crippen LogP contribution in [0.2, 0.25) is 0 Å². The molecule has 76 valence electrons. The minimum Gasteiger partial charge on any atom is -0.356 e. The van der Waals surface area contributed by atoms with Gasteiger partial charge in [-0.3, -0.25) is 9.59 Å². The zero-order valence-corrected chi connectivity index (χ0v) is 8.52. The van der Waals surface area contributed by atoms with Crippen LogP contribution in [0, 0.1) is 0 Å². The number of nitrogens with one attached hydrogen (secondary N) is 2. The third-order valence-corrected chi connectivity index (χ3v) is 1.87. The zero-order chi connectivity index (χ0) is 10.3. The number of likely N-dealkylation sites (N-methyl/N-ethyl adjacent to an activating group) is 1. The van der Waals surface area contributed by atoms with Crippen molar-refractivity contribution in [2.45, 2.75) is 32.7 Å². The van der Waals surface area contributed by atoms with Gasteiger partial charge in [0.25, 0.3) is 0 Å². The van der Waals surface area contributed by atoms with Crippen LogP contribution >= 0.6 is 0 Å². The maximum atomic E-state index is 11.0. The van der Waals surface area contributed by atoms with Crippen LogP contribution in [0.1, 0.15) is 26.7 Å². The summed E-state index contributed by atoms with van der Waals surface area (Å²) in [5.74, 6) is 0.0794. The maximum Gasteiger partial charge on any atom is 0.220 e. The van der Waals surface area contributed by atoms with Crippen molar-refractivity contribution in [1.82, 2.24) is 10.6 Å². The summed E-state index contributed by atoms with van der Waals surface area (Å²) in [6, 6.07) is -0.192. The molecule has 4 heteroatoms. The minimum absolute atomic E-state index is 0.00370. The fourth-order valence-electron chi connectivity index (χ4n) is 1.11. The van der Waals surface area contributed by atoms with Gasteiger partial charge in [-0.2, -0.15) is 0 Å². The smallest absolute Gasteiger partial charge is 0.220 e. The van der Waals surface area contributed by atoms with Crippen molar-refractivity contribution in [1.29, 1.82) is 0 Å². The molecule has 0 aliphatic heterocycles. The lowest BCUT2D eigenvalue weighted by Gasteiger charge is -2.11. The predicted molar refractivity (Wildman–Crippen MR) is 51.4 cm³/mol. The lowest BCUT2D eigenvalue weighted by Crippen LogP contribution is -2.34. The van der Waals surface area contributed by atoms with E-state index >= 15 is 0 Å². The summed E-state index contributed by atoms with van der Waals surface area (Å²) in [5, 5.41) is 5.56. The van der Waals surface area contributed by atoms with Crippen molar-refractivity contribution in [2.75, 3.05) is 13.6 Å². The number of rotatable bonds is 6. The summed E-state index contributed by atoms with van der Waals surface area (Å²) in [4.78, 5) is 22.0. The Morgan fingerprint density at radius 1 is 1.38 bits per heavy atom. The van der Waals surface area contributed by atoms with Gasteiger partial charge in [-0.1, -0.05) is 0 Å². The highest BCUT2D eigenvalue weighted by atomic mass is 16.1. The molecule has 0 saturated carbocycles. The van der Waals surface area contributed by atoms with Gasteiger partial charge in [0.15, 0.2) is 0 Å². The number of hydrogen-bond acceptors (Lipinski definition) is 3. The fourth-order valence-corrected chi connectivity index (χ4v) is 1.11. The minimum atomic E-state index is -0.192. The molecule has 0 rings (SSSR count). The van der Waals surface area contributed by atoms with Gasteiger partial charge in [0, 0.05) is 13.0 Å². The Morgan fingerprint density at radius 3 is 2.38 bits per heavy atom. The second-order valence-corrected chi connectivity index (χ2v) is 2.94. The molecule has 0 fully saturated rings. The van der Waals surface area contributed by atoms with E-state index in [1.54, 1.807) is 7.05 Å². The first kappa shape index (κ1) is 12.1. The normalized spacial score (nSPS) is 12.2. The van der Waals surface area contributed by atoms with Crippen LogP contribution in [-0.4, -0.2) is 31.3 Å². The second kappa shape index (κ2) is 6.60. The number of ketones is 1. The highest BCUT2D eigenvalue weighted by molar-refractivity contribution is 5.82. The number of Topliss-reactive ketones (excluding diaryl/α,β-unsaturated/α-hetero) is 1. The Kier molecular flexibility index (Phi) is 6.14. The van der Waals surface area contributed by atoms with Gasteiger partial charge in [-0.05, 0) is 27.3 Å². The number of hydrogen-bond donors (Lipinski definition) is 2. The van der Waals surface area contributed by atoms with Crippen molar-refractivity contribution in [3.8, 4) is 0 Å². The molecule has 0 aliphatic rings. The molecule has 0 radical (unpaired) electrons. The molecular weight excluding hydrogens is 168 g/mol. The van der Waals surface area contributed by atoms with Gasteiger partial charge in [-0.15, -0.1) is 0 Å². The average Bonchev–Trinajstić information content (AvgIpc) is 2.05. The van der Waals surface area contributed by atoms with Crippen LogP contribution in [0.25, 0.3) is 0 Å². The van der Waals surface area contributed by atoms with E-state index in [0.717, 1.165) is 0 Å². The molecule has 0 bridgehead atoms. The molecule has 0 aromatic rings. The number of carbonyl (C=O) groups is 2. The molecule has 4 nitrogen and oxygen atoms in total. The van der Waals surface area contributed by atoms with E-state index in [2.05, 4.69) is 10.6 Å². The average molecular weight is 186 g/mol. The molecule has 0 unspecified atom stereocenters. The molecule has 0 aromatic carbocycles. The van der Waals surface area contributed by atoms with Crippen molar-refractivity contribution in [2.24, 2.45) is 0 Å². The Balaban J connectivity index is 3.72. The van der Waals surface area contributed by atoms with E-state index in [-0.39, 0.29) is 17.7 Å². The van der Waals surface area contributed by atoms with Crippen LogP contribution in [-0.2, 0) is 9.59 Å². The lowest BCUT2D eigenvalue weighted by atomic mass is 10.1. The van der Waals surface area contributed by atoms with Gasteiger partial charge in [-0.25, -0.2) is 0 Å². The third kappa shape index (κ3) is 5.36. The molecular formula is C9H18N2O2. The van der Waals surface area contributed by atoms with Crippen LogP contribution in [0.4, 0.5) is 0 Å². The van der Waals surface area contributed by atoms with E-state index in [1.165, 1.54) is 6.92 Å². The van der Waals surface area contributed by atoms with E-state index in [0.29, 0.717) is 19.4 Å². The first-order chi connectivity index (χ1) is 6.11. The molecule has 1 amide bonds. The van der Waals surface area contributed by atoms with Gasteiger partial charge < -0.3 is 10.6 Å². The molecule has 0 heterocycles. The van der Waals surface area contributed by atoms with Crippen molar-refractivity contribution in [3.05, 3.63) is 0 Å². The Bertz CT molecular complexity index is 180. The van der Waals surface area contributed by atoms with Crippen molar-refractivity contribution in [3.63, 3.8) is 0 Å². The highest BCUT2D eigenvalue weighted by Crippen LogP contribution is 1.97. The standard InChI is InChI=1S/C9H18N2O2/c1-4-11-9(13)6-5-8(10-3)7(2)12/h8,10H,4-6H2,1-3H3,(H,11,13)/t8-/m0/s1. The Labute approximate surface area is 79.1 Å². The predicted octanol–water partition coefficient (Wildman–Crippen LogP) is 0.0797. The van der Waals surface area contributed by atoms with Gasteiger partial charge in [0.1, 0.15) is 5.78 Å². The fraction of sp³-hybridized carbons (Fsp3) is 0.778. The summed E-state index contributed by atoms with van der Waals surface area (Å²) in [5.41, 5.74) is 0. The number of carbonyl (C=O) groups excluding carboxylic acids is 2. The summed E-state index contributed by atoms with van der Waals surface area (Å²) in [7, 11) is 1.73. The first-order valence-electron chi connectivity index (χ1n) is 4.56. The summed E-state index contributed by atoms with van der Waals surface area (Å²) in [6.07, 6.45) is 0.969. The highest BCUT2D eigenvalue weighted by Gasteiger charge is 2.12. The van der Waals surface area contributed by atoms with E-state index in [1.807, 2.05) is 6.92 Å². The molecule has 13 heavy (non-hydrogen) atoms. The van der Waals surface area contributed by atoms with E-state index in [9.17, 15) is 9.59 Å². The van der Waals surface area contributed by atoms with Crippen LogP contribution < -0.4 is 10.6 Å². The zero-order valence-electron chi connectivity index (χ0n) is 8.52. The van der Waals surface area contributed by atoms with Gasteiger partial charge >= 0.3 is 0 Å². The first-order valence-corrected chi connectivity index (χ1v) is 4.56. The molecule has 0 saturated heterocycles. The van der Waals surface area contributed by atoms with E-state index < -0.39 is 0 Å². The molecule has 1 atom stereocenters. The second-order valence-electron chi connectivity index (χ2n) is 2.94.